The van der Waals surface area contributed by atoms with Crippen molar-refractivity contribution in [1.82, 2.24) is 15.0 Å². The van der Waals surface area contributed by atoms with E-state index in [0.717, 1.165) is 75.9 Å². The van der Waals surface area contributed by atoms with E-state index in [4.69, 9.17) is 4.52 Å². The summed E-state index contributed by atoms with van der Waals surface area (Å²) in [6.45, 7) is 6.47. The summed E-state index contributed by atoms with van der Waals surface area (Å²) in [6, 6.07) is 7.06. The fourth-order valence-corrected chi connectivity index (χ4v) is 6.13. The van der Waals surface area contributed by atoms with Crippen LogP contribution in [0.25, 0.3) is 11.0 Å². The van der Waals surface area contributed by atoms with Gasteiger partial charge >= 0.3 is 0 Å². The molecule has 0 atom stereocenters. The van der Waals surface area contributed by atoms with Crippen LogP contribution < -0.4 is 0 Å². The fourth-order valence-electron chi connectivity index (χ4n) is 4.90. The minimum Gasteiger partial charge on any atom is -0.356 e. The number of likely N-dealkylation sites (tertiary alicyclic amines) is 1. The molecule has 0 bridgehead atoms. The lowest BCUT2D eigenvalue weighted by atomic mass is 9.91. The SMILES string of the molecule is CC(=O)N1CCCc2cc(CCN3CCC(c4noc5cc(F)ccc45)CC3)sc2C1. The first-order valence-corrected chi connectivity index (χ1v) is 12.0. The minimum atomic E-state index is -0.287. The predicted molar refractivity (Wildman–Crippen MR) is 120 cm³/mol. The zero-order valence-corrected chi connectivity index (χ0v) is 18.7. The highest BCUT2D eigenvalue weighted by atomic mass is 32.1. The van der Waals surface area contributed by atoms with Crippen molar-refractivity contribution in [3.05, 3.63) is 51.1 Å². The number of carbonyl (C=O) groups is 1. The lowest BCUT2D eigenvalue weighted by Crippen LogP contribution is -2.34. The van der Waals surface area contributed by atoms with Crippen molar-refractivity contribution in [3.63, 3.8) is 0 Å². The second-order valence-electron chi connectivity index (χ2n) is 8.78. The molecule has 2 aromatic heterocycles. The molecule has 2 aliphatic rings. The highest BCUT2D eigenvalue weighted by Crippen LogP contribution is 2.33. The van der Waals surface area contributed by atoms with Crippen molar-refractivity contribution in [2.75, 3.05) is 26.2 Å². The van der Waals surface area contributed by atoms with Gasteiger partial charge in [0.25, 0.3) is 0 Å². The zero-order valence-electron chi connectivity index (χ0n) is 17.9. The summed E-state index contributed by atoms with van der Waals surface area (Å²) in [5.74, 6) is 0.263. The number of thiophene rings is 1. The first kappa shape index (κ1) is 20.6. The molecular formula is C24H28FN3O2S. The lowest BCUT2D eigenvalue weighted by molar-refractivity contribution is -0.129. The van der Waals surface area contributed by atoms with Gasteiger partial charge in [0.05, 0.1) is 12.2 Å². The van der Waals surface area contributed by atoms with Crippen molar-refractivity contribution in [3.8, 4) is 0 Å². The second-order valence-corrected chi connectivity index (χ2v) is 10.0. The molecule has 1 amide bonds. The first-order chi connectivity index (χ1) is 15.1. The van der Waals surface area contributed by atoms with Crippen LogP contribution in [-0.4, -0.2) is 47.0 Å². The lowest BCUT2D eigenvalue weighted by Gasteiger charge is -2.31. The van der Waals surface area contributed by atoms with Crippen LogP contribution in [0.4, 0.5) is 4.39 Å². The Morgan fingerprint density at radius 3 is 2.90 bits per heavy atom. The third kappa shape index (κ3) is 4.39. The van der Waals surface area contributed by atoms with Gasteiger partial charge in [-0.1, -0.05) is 5.16 Å². The van der Waals surface area contributed by atoms with Gasteiger partial charge < -0.3 is 14.3 Å². The molecule has 0 N–H and O–H groups in total. The van der Waals surface area contributed by atoms with Crippen LogP contribution in [0.15, 0.2) is 28.8 Å². The molecule has 1 aromatic carbocycles. The highest BCUT2D eigenvalue weighted by molar-refractivity contribution is 7.12. The Hall–Kier alpha value is -2.25. The number of nitrogens with zero attached hydrogens (tertiary/aromatic N) is 3. The van der Waals surface area contributed by atoms with Crippen LogP contribution in [0.2, 0.25) is 0 Å². The van der Waals surface area contributed by atoms with Crippen molar-refractivity contribution >= 4 is 28.2 Å². The van der Waals surface area contributed by atoms with Crippen molar-refractivity contribution in [2.24, 2.45) is 0 Å². The van der Waals surface area contributed by atoms with E-state index in [9.17, 15) is 9.18 Å². The van der Waals surface area contributed by atoms with Crippen molar-refractivity contribution in [2.45, 2.75) is 51.5 Å². The Morgan fingerprint density at radius 2 is 2.10 bits per heavy atom. The summed E-state index contributed by atoms with van der Waals surface area (Å²) in [7, 11) is 0. The van der Waals surface area contributed by atoms with E-state index in [1.165, 1.54) is 27.5 Å². The van der Waals surface area contributed by atoms with Crippen molar-refractivity contribution in [1.29, 1.82) is 0 Å². The van der Waals surface area contributed by atoms with Gasteiger partial charge in [-0.3, -0.25) is 4.79 Å². The Balaban J connectivity index is 1.16. The fraction of sp³-hybridized carbons (Fsp3) is 0.500. The van der Waals surface area contributed by atoms with Gasteiger partial charge in [0, 0.05) is 47.1 Å². The molecule has 1 saturated heterocycles. The number of hydrogen-bond acceptors (Lipinski definition) is 5. The van der Waals surface area contributed by atoms with Gasteiger partial charge in [-0.25, -0.2) is 4.39 Å². The second kappa shape index (κ2) is 8.71. The third-order valence-electron chi connectivity index (χ3n) is 6.71. The van der Waals surface area contributed by atoms with Crippen LogP contribution in [0.3, 0.4) is 0 Å². The Labute approximate surface area is 185 Å². The molecule has 1 fully saturated rings. The molecule has 5 nitrogen and oxygen atoms in total. The summed E-state index contributed by atoms with van der Waals surface area (Å²) < 4.78 is 18.8. The van der Waals surface area contributed by atoms with Gasteiger partial charge in [0.1, 0.15) is 5.82 Å². The molecule has 5 rings (SSSR count). The zero-order chi connectivity index (χ0) is 21.4. The van der Waals surface area contributed by atoms with Crippen LogP contribution in [0.1, 0.15) is 53.1 Å². The molecule has 2 aliphatic heterocycles. The quantitative estimate of drug-likeness (QED) is 0.587. The van der Waals surface area contributed by atoms with Crippen molar-refractivity contribution < 1.29 is 13.7 Å². The largest absolute Gasteiger partial charge is 0.356 e. The Kier molecular flexibility index (Phi) is 5.80. The molecule has 0 unspecified atom stereocenters. The maximum absolute atomic E-state index is 13.4. The summed E-state index contributed by atoms with van der Waals surface area (Å²) >= 11 is 1.89. The monoisotopic (exact) mass is 441 g/mol. The molecule has 3 aromatic rings. The number of carbonyl (C=O) groups excluding carboxylic acids is 1. The maximum Gasteiger partial charge on any atom is 0.219 e. The molecule has 4 heterocycles. The first-order valence-electron chi connectivity index (χ1n) is 11.2. The average Bonchev–Trinajstić information content (AvgIpc) is 3.29. The van der Waals surface area contributed by atoms with Gasteiger partial charge in [-0.15, -0.1) is 11.3 Å². The summed E-state index contributed by atoms with van der Waals surface area (Å²) in [5.41, 5.74) is 2.96. The summed E-state index contributed by atoms with van der Waals surface area (Å²) in [6.07, 6.45) is 5.30. The molecule has 7 heteroatoms. The number of rotatable bonds is 4. The number of amides is 1. The standard InChI is InChI=1S/C24H28FN3O2S/c1-16(29)28-9-2-3-18-13-20(31-23(18)15-28)8-12-27-10-6-17(7-11-27)24-21-5-4-19(25)14-22(21)30-26-24/h4-5,13-14,17H,2-3,6-12,15H2,1H3. The van der Waals surface area contributed by atoms with E-state index < -0.39 is 0 Å². The number of benzene rings is 1. The molecule has 0 aliphatic carbocycles. The number of hydrogen-bond donors (Lipinski definition) is 0. The molecular weight excluding hydrogens is 413 g/mol. The Bertz CT molecular complexity index is 1080. The van der Waals surface area contributed by atoms with Crippen LogP contribution >= 0.6 is 11.3 Å². The maximum atomic E-state index is 13.4. The van der Waals surface area contributed by atoms with E-state index in [0.29, 0.717) is 11.5 Å². The average molecular weight is 442 g/mol. The van der Waals surface area contributed by atoms with E-state index in [1.807, 2.05) is 16.2 Å². The van der Waals surface area contributed by atoms with Crippen LogP contribution in [0.5, 0.6) is 0 Å². The molecule has 0 saturated carbocycles. The topological polar surface area (TPSA) is 49.6 Å². The van der Waals surface area contributed by atoms with Crippen LogP contribution in [0, 0.1) is 5.82 Å². The molecule has 31 heavy (non-hydrogen) atoms. The van der Waals surface area contributed by atoms with E-state index in [1.54, 1.807) is 13.0 Å². The molecule has 0 spiro atoms. The van der Waals surface area contributed by atoms with Gasteiger partial charge in [0.2, 0.25) is 5.91 Å². The van der Waals surface area contributed by atoms with Gasteiger partial charge in [-0.2, -0.15) is 0 Å². The summed E-state index contributed by atoms with van der Waals surface area (Å²) in [5, 5.41) is 5.20. The Morgan fingerprint density at radius 1 is 1.26 bits per heavy atom. The van der Waals surface area contributed by atoms with E-state index in [-0.39, 0.29) is 11.7 Å². The van der Waals surface area contributed by atoms with E-state index >= 15 is 0 Å². The van der Waals surface area contributed by atoms with Gasteiger partial charge in [-0.05, 0) is 69.0 Å². The normalized spacial score (nSPS) is 18.3. The summed E-state index contributed by atoms with van der Waals surface area (Å²) in [4.78, 5) is 19.1. The van der Waals surface area contributed by atoms with E-state index in [2.05, 4.69) is 16.1 Å². The highest BCUT2D eigenvalue weighted by Gasteiger charge is 2.25. The number of piperidine rings is 1. The van der Waals surface area contributed by atoms with Gasteiger partial charge in [0.15, 0.2) is 5.58 Å². The minimum absolute atomic E-state index is 0.177. The molecule has 164 valence electrons. The molecule has 0 radical (unpaired) electrons. The third-order valence-corrected chi connectivity index (χ3v) is 7.93. The number of aryl methyl sites for hydroxylation is 1. The number of aromatic nitrogens is 1. The number of fused-ring (bicyclic) bond motifs is 2. The predicted octanol–water partition coefficient (Wildman–Crippen LogP) is 4.75. The number of halogens is 1. The van der Waals surface area contributed by atoms with Crippen LogP contribution in [-0.2, 0) is 24.2 Å². The smallest absolute Gasteiger partial charge is 0.219 e.